The molecule has 0 bridgehead atoms. The van der Waals surface area contributed by atoms with Crippen LogP contribution in [0.15, 0.2) is 48.1 Å². The monoisotopic (exact) mass is 228 g/mol. The molecular formula is C15H20N2. The van der Waals surface area contributed by atoms with Gasteiger partial charge in [-0.05, 0) is 24.5 Å². The van der Waals surface area contributed by atoms with Gasteiger partial charge in [-0.3, -0.25) is 0 Å². The summed E-state index contributed by atoms with van der Waals surface area (Å²) in [5.41, 5.74) is 9.42. The molecule has 0 aliphatic carbocycles. The average molecular weight is 228 g/mol. The van der Waals surface area contributed by atoms with Gasteiger partial charge < -0.3 is 11.1 Å². The second kappa shape index (κ2) is 5.69. The molecule has 1 saturated heterocycles. The van der Waals surface area contributed by atoms with Crippen LogP contribution in [0.25, 0.3) is 5.70 Å². The third-order valence-corrected chi connectivity index (χ3v) is 3.06. The molecule has 1 heterocycles. The highest BCUT2D eigenvalue weighted by Gasteiger charge is 2.20. The number of nitrogens with one attached hydrogen (secondary N) is 1. The summed E-state index contributed by atoms with van der Waals surface area (Å²) < 4.78 is 0. The van der Waals surface area contributed by atoms with Gasteiger partial charge in [0.1, 0.15) is 0 Å². The van der Waals surface area contributed by atoms with Gasteiger partial charge in [-0.2, -0.15) is 0 Å². The molecule has 1 aromatic rings. The minimum Gasteiger partial charge on any atom is -0.398 e. The highest BCUT2D eigenvalue weighted by atomic mass is 15.1. The Labute approximate surface area is 103 Å². The summed E-state index contributed by atoms with van der Waals surface area (Å²) in [5, 5.41) is 3.33. The Balaban J connectivity index is 2.04. The molecule has 1 aromatic carbocycles. The zero-order valence-corrected chi connectivity index (χ0v) is 10.3. The maximum absolute atomic E-state index is 6.05. The summed E-state index contributed by atoms with van der Waals surface area (Å²) in [4.78, 5) is 0. The normalized spacial score (nSPS) is 20.4. The average Bonchev–Trinajstić information content (AvgIpc) is 3.19. The smallest absolute Gasteiger partial charge is 0.0387 e. The molecule has 0 radical (unpaired) electrons. The van der Waals surface area contributed by atoms with Crippen LogP contribution < -0.4 is 11.1 Å². The zero-order valence-electron chi connectivity index (χ0n) is 10.3. The molecule has 1 atom stereocenters. The maximum atomic E-state index is 6.05. The van der Waals surface area contributed by atoms with E-state index in [4.69, 9.17) is 5.73 Å². The minimum absolute atomic E-state index is 0.701. The number of nitrogens with two attached hydrogens (primary N) is 1. The van der Waals surface area contributed by atoms with Crippen LogP contribution in [0.3, 0.4) is 0 Å². The molecule has 1 unspecified atom stereocenters. The molecule has 0 aromatic heterocycles. The topological polar surface area (TPSA) is 48.0 Å². The van der Waals surface area contributed by atoms with Gasteiger partial charge in [0.05, 0.1) is 0 Å². The van der Waals surface area contributed by atoms with E-state index in [1.807, 2.05) is 36.4 Å². The second-order valence-corrected chi connectivity index (χ2v) is 4.48. The fraction of sp³-hybridized carbons (Fsp3) is 0.333. The number of hydrogen-bond acceptors (Lipinski definition) is 2. The Bertz CT molecular complexity index is 414. The van der Waals surface area contributed by atoms with Crippen molar-refractivity contribution >= 4 is 5.70 Å². The lowest BCUT2D eigenvalue weighted by molar-refractivity contribution is 0.865. The maximum Gasteiger partial charge on any atom is 0.0387 e. The first kappa shape index (κ1) is 11.9. The highest BCUT2D eigenvalue weighted by Crippen LogP contribution is 2.16. The minimum atomic E-state index is 0.701. The van der Waals surface area contributed by atoms with Crippen molar-refractivity contribution in [3.8, 4) is 0 Å². The molecule has 0 saturated carbocycles. The van der Waals surface area contributed by atoms with Crippen molar-refractivity contribution < 1.29 is 0 Å². The molecule has 1 aliphatic heterocycles. The lowest BCUT2D eigenvalue weighted by atomic mass is 10.1. The van der Waals surface area contributed by atoms with E-state index in [0.29, 0.717) is 6.04 Å². The number of rotatable bonds is 5. The van der Waals surface area contributed by atoms with Crippen LogP contribution in [0.5, 0.6) is 0 Å². The van der Waals surface area contributed by atoms with Crippen LogP contribution >= 0.6 is 0 Å². The van der Waals surface area contributed by atoms with E-state index in [0.717, 1.165) is 30.6 Å². The molecule has 2 rings (SSSR count). The quantitative estimate of drug-likeness (QED) is 0.601. The molecule has 1 fully saturated rings. The van der Waals surface area contributed by atoms with Gasteiger partial charge in [0.2, 0.25) is 0 Å². The number of hydrogen-bond donors (Lipinski definition) is 2. The SMILES string of the molecule is CC/C(=C\C=C(/N)c1ccccc1)CC1CN1. The summed E-state index contributed by atoms with van der Waals surface area (Å²) in [6, 6.07) is 10.8. The van der Waals surface area contributed by atoms with E-state index < -0.39 is 0 Å². The third kappa shape index (κ3) is 3.75. The van der Waals surface area contributed by atoms with E-state index in [1.165, 1.54) is 5.57 Å². The lowest BCUT2D eigenvalue weighted by Gasteiger charge is -2.02. The van der Waals surface area contributed by atoms with Crippen molar-refractivity contribution in [3.63, 3.8) is 0 Å². The third-order valence-electron chi connectivity index (χ3n) is 3.06. The summed E-state index contributed by atoms with van der Waals surface area (Å²) in [7, 11) is 0. The molecular weight excluding hydrogens is 208 g/mol. The molecule has 3 N–H and O–H groups in total. The van der Waals surface area contributed by atoms with Gasteiger partial charge in [-0.15, -0.1) is 0 Å². The van der Waals surface area contributed by atoms with E-state index in [-0.39, 0.29) is 0 Å². The van der Waals surface area contributed by atoms with Crippen molar-refractivity contribution in [2.24, 2.45) is 5.73 Å². The fourth-order valence-corrected chi connectivity index (χ4v) is 1.81. The molecule has 1 aliphatic rings. The summed E-state index contributed by atoms with van der Waals surface area (Å²) in [5.74, 6) is 0. The Hall–Kier alpha value is -1.54. The van der Waals surface area contributed by atoms with Crippen molar-refractivity contribution in [3.05, 3.63) is 53.6 Å². The first-order chi connectivity index (χ1) is 8.29. The van der Waals surface area contributed by atoms with E-state index in [2.05, 4.69) is 18.3 Å². The second-order valence-electron chi connectivity index (χ2n) is 4.48. The van der Waals surface area contributed by atoms with Gasteiger partial charge in [-0.1, -0.05) is 48.9 Å². The van der Waals surface area contributed by atoms with E-state index in [1.54, 1.807) is 0 Å². The van der Waals surface area contributed by atoms with Crippen LogP contribution in [0.2, 0.25) is 0 Å². The van der Waals surface area contributed by atoms with Crippen LogP contribution in [0.4, 0.5) is 0 Å². The van der Waals surface area contributed by atoms with Crippen LogP contribution in [-0.4, -0.2) is 12.6 Å². The molecule has 2 nitrogen and oxygen atoms in total. The van der Waals surface area contributed by atoms with Gasteiger partial charge in [-0.25, -0.2) is 0 Å². The van der Waals surface area contributed by atoms with Gasteiger partial charge >= 0.3 is 0 Å². The van der Waals surface area contributed by atoms with E-state index >= 15 is 0 Å². The summed E-state index contributed by atoms with van der Waals surface area (Å²) >= 11 is 0. The predicted molar refractivity (Wildman–Crippen MR) is 73.4 cm³/mol. The van der Waals surface area contributed by atoms with Gasteiger partial charge in [0, 0.05) is 18.3 Å². The fourth-order valence-electron chi connectivity index (χ4n) is 1.81. The van der Waals surface area contributed by atoms with Crippen LogP contribution in [0, 0.1) is 0 Å². The van der Waals surface area contributed by atoms with Crippen molar-refractivity contribution in [1.82, 2.24) is 5.32 Å². The van der Waals surface area contributed by atoms with Crippen LogP contribution in [0.1, 0.15) is 25.3 Å². The number of allylic oxidation sites excluding steroid dienone is 2. The standard InChI is InChI=1S/C15H20N2/c1-2-12(10-14-11-17-14)8-9-15(16)13-6-4-3-5-7-13/h3-9,14,17H,2,10-11,16H2,1H3/b12-8+,15-9-. The first-order valence-corrected chi connectivity index (χ1v) is 6.23. The Morgan fingerprint density at radius 2 is 2.06 bits per heavy atom. The van der Waals surface area contributed by atoms with Crippen molar-refractivity contribution in [2.75, 3.05) is 6.54 Å². The molecule has 2 heteroatoms. The highest BCUT2D eigenvalue weighted by molar-refractivity contribution is 5.64. The molecule has 17 heavy (non-hydrogen) atoms. The Morgan fingerprint density at radius 3 is 2.65 bits per heavy atom. The predicted octanol–water partition coefficient (Wildman–Crippen LogP) is 2.68. The summed E-state index contributed by atoms with van der Waals surface area (Å²) in [6.45, 7) is 3.36. The van der Waals surface area contributed by atoms with E-state index in [9.17, 15) is 0 Å². The van der Waals surface area contributed by atoms with Gasteiger partial charge in [0.15, 0.2) is 0 Å². The Kier molecular flexibility index (Phi) is 3.99. The molecule has 0 spiro atoms. The van der Waals surface area contributed by atoms with Gasteiger partial charge in [0.25, 0.3) is 0 Å². The Morgan fingerprint density at radius 1 is 1.35 bits per heavy atom. The first-order valence-electron chi connectivity index (χ1n) is 6.23. The van der Waals surface area contributed by atoms with Crippen molar-refractivity contribution in [1.29, 1.82) is 0 Å². The molecule has 0 amide bonds. The zero-order chi connectivity index (χ0) is 12.1. The van der Waals surface area contributed by atoms with Crippen LogP contribution in [-0.2, 0) is 0 Å². The largest absolute Gasteiger partial charge is 0.398 e. The number of benzene rings is 1. The van der Waals surface area contributed by atoms with Crippen molar-refractivity contribution in [2.45, 2.75) is 25.8 Å². The summed E-state index contributed by atoms with van der Waals surface area (Å²) in [6.07, 6.45) is 6.44. The molecule has 90 valence electrons. The lowest BCUT2D eigenvalue weighted by Crippen LogP contribution is -1.96.